The van der Waals surface area contributed by atoms with Crippen LogP contribution in [0.15, 0.2) is 83.3 Å². The molecule has 0 fully saturated rings. The van der Waals surface area contributed by atoms with Crippen molar-refractivity contribution in [1.29, 1.82) is 0 Å². The van der Waals surface area contributed by atoms with Crippen LogP contribution in [0.2, 0.25) is 5.02 Å². The smallest absolute Gasteiger partial charge is 0.243 e. The maximum atomic E-state index is 13.6. The molecule has 0 aliphatic rings. The number of carbonyl (C=O) groups excluding carboxylic acids is 2. The van der Waals surface area contributed by atoms with E-state index in [1.54, 1.807) is 16.7 Å². The summed E-state index contributed by atoms with van der Waals surface area (Å²) in [7, 11) is 0. The van der Waals surface area contributed by atoms with Gasteiger partial charge in [-0.1, -0.05) is 95.5 Å². The van der Waals surface area contributed by atoms with Crippen LogP contribution in [-0.4, -0.2) is 35.1 Å². The second-order valence-electron chi connectivity index (χ2n) is 8.62. The van der Waals surface area contributed by atoms with Gasteiger partial charge in [0.2, 0.25) is 11.8 Å². The molecule has 36 heavy (non-hydrogen) atoms. The number of thioether (sulfide) groups is 1. The summed E-state index contributed by atoms with van der Waals surface area (Å²) in [6.45, 7) is 3.06. The standard InChI is InChI=1S/C29H32BrClN2O2S/c1-2-3-17-32-29(35)27(18-22-7-5-4-6-8-22)33(19-23-9-13-25(30)14-10-23)28(34)21-36-20-24-11-15-26(31)16-12-24/h4-16,27H,2-3,17-21H2,1H3,(H,32,35)/t27-/m0/s1. The molecule has 0 bridgehead atoms. The van der Waals surface area contributed by atoms with E-state index in [0.29, 0.717) is 30.3 Å². The average Bonchev–Trinajstić information content (AvgIpc) is 2.89. The third kappa shape index (κ3) is 9.30. The number of hydrogen-bond acceptors (Lipinski definition) is 3. The molecule has 0 aliphatic heterocycles. The molecule has 3 aromatic rings. The average molecular weight is 588 g/mol. The molecule has 0 unspecified atom stereocenters. The Hall–Kier alpha value is -2.28. The lowest BCUT2D eigenvalue weighted by Crippen LogP contribution is -2.51. The molecular formula is C29H32BrClN2O2S. The molecule has 0 saturated carbocycles. The Labute approximate surface area is 231 Å². The Bertz CT molecular complexity index is 1090. The van der Waals surface area contributed by atoms with Crippen LogP contribution in [-0.2, 0) is 28.3 Å². The summed E-state index contributed by atoms with van der Waals surface area (Å²) in [5, 5.41) is 3.75. The van der Waals surface area contributed by atoms with Crippen molar-refractivity contribution in [2.45, 2.75) is 44.5 Å². The second kappa shape index (κ2) is 15.1. The highest BCUT2D eigenvalue weighted by Gasteiger charge is 2.30. The van der Waals surface area contributed by atoms with Gasteiger partial charge in [-0.15, -0.1) is 11.8 Å². The van der Waals surface area contributed by atoms with Crippen molar-refractivity contribution in [2.24, 2.45) is 0 Å². The number of nitrogens with zero attached hydrogens (tertiary/aromatic N) is 1. The highest BCUT2D eigenvalue weighted by molar-refractivity contribution is 9.10. The zero-order valence-corrected chi connectivity index (χ0v) is 23.6. The number of amides is 2. The van der Waals surface area contributed by atoms with E-state index in [-0.39, 0.29) is 17.6 Å². The Morgan fingerprint density at radius 1 is 0.944 bits per heavy atom. The summed E-state index contributed by atoms with van der Waals surface area (Å²) in [4.78, 5) is 28.8. The minimum absolute atomic E-state index is 0.0524. The maximum absolute atomic E-state index is 13.6. The lowest BCUT2D eigenvalue weighted by molar-refractivity contribution is -0.139. The van der Waals surface area contributed by atoms with Crippen LogP contribution < -0.4 is 5.32 Å². The minimum atomic E-state index is -0.600. The van der Waals surface area contributed by atoms with Gasteiger partial charge in [-0.2, -0.15) is 0 Å². The number of rotatable bonds is 13. The first kappa shape index (κ1) is 28.3. The molecule has 1 atom stereocenters. The van der Waals surface area contributed by atoms with Crippen LogP contribution >= 0.6 is 39.3 Å². The molecule has 0 saturated heterocycles. The van der Waals surface area contributed by atoms with Crippen LogP contribution in [0.5, 0.6) is 0 Å². The van der Waals surface area contributed by atoms with Gasteiger partial charge in [-0.3, -0.25) is 9.59 Å². The first-order valence-electron chi connectivity index (χ1n) is 12.1. The van der Waals surface area contributed by atoms with Gasteiger partial charge in [0.25, 0.3) is 0 Å². The molecule has 1 N–H and O–H groups in total. The van der Waals surface area contributed by atoms with E-state index in [1.807, 2.05) is 78.9 Å². The Balaban J connectivity index is 1.81. The van der Waals surface area contributed by atoms with E-state index in [0.717, 1.165) is 34.0 Å². The fraction of sp³-hybridized carbons (Fsp3) is 0.310. The van der Waals surface area contributed by atoms with E-state index in [4.69, 9.17) is 11.6 Å². The van der Waals surface area contributed by atoms with Crippen LogP contribution in [0.25, 0.3) is 0 Å². The van der Waals surface area contributed by atoms with Gasteiger partial charge in [-0.25, -0.2) is 0 Å². The van der Waals surface area contributed by atoms with Crippen LogP contribution in [0, 0.1) is 0 Å². The lowest BCUT2D eigenvalue weighted by Gasteiger charge is -2.31. The molecule has 0 radical (unpaired) electrons. The van der Waals surface area contributed by atoms with Crippen LogP contribution in [0.3, 0.4) is 0 Å². The number of halogens is 2. The molecule has 0 heterocycles. The summed E-state index contributed by atoms with van der Waals surface area (Å²) < 4.78 is 0.973. The van der Waals surface area contributed by atoms with Gasteiger partial charge in [0.1, 0.15) is 6.04 Å². The minimum Gasteiger partial charge on any atom is -0.354 e. The maximum Gasteiger partial charge on any atom is 0.243 e. The molecule has 3 rings (SSSR count). The second-order valence-corrected chi connectivity index (χ2v) is 11.0. The Morgan fingerprint density at radius 3 is 2.28 bits per heavy atom. The fourth-order valence-electron chi connectivity index (χ4n) is 3.77. The normalized spacial score (nSPS) is 11.6. The molecular weight excluding hydrogens is 556 g/mol. The molecule has 0 aliphatic carbocycles. The molecule has 3 aromatic carbocycles. The SMILES string of the molecule is CCCCNC(=O)[C@H](Cc1ccccc1)N(Cc1ccc(Br)cc1)C(=O)CSCc1ccc(Cl)cc1. The van der Waals surface area contributed by atoms with Crippen molar-refractivity contribution in [3.63, 3.8) is 0 Å². The quantitative estimate of drug-likeness (QED) is 0.222. The number of benzene rings is 3. The summed E-state index contributed by atoms with van der Waals surface area (Å²) in [6.07, 6.45) is 2.36. The molecule has 4 nitrogen and oxygen atoms in total. The Kier molecular flexibility index (Phi) is 11.9. The van der Waals surface area contributed by atoms with Gasteiger partial charge in [0, 0.05) is 34.8 Å². The predicted octanol–water partition coefficient (Wildman–Crippen LogP) is 6.89. The highest BCUT2D eigenvalue weighted by atomic mass is 79.9. The van der Waals surface area contributed by atoms with Crippen molar-refractivity contribution in [1.82, 2.24) is 10.2 Å². The van der Waals surface area contributed by atoms with E-state index in [1.165, 1.54) is 0 Å². The zero-order valence-electron chi connectivity index (χ0n) is 20.5. The first-order valence-corrected chi connectivity index (χ1v) is 14.5. The summed E-state index contributed by atoms with van der Waals surface area (Å²) in [5.41, 5.74) is 3.11. The Morgan fingerprint density at radius 2 is 1.61 bits per heavy atom. The van der Waals surface area contributed by atoms with Crippen LogP contribution in [0.4, 0.5) is 0 Å². The molecule has 0 spiro atoms. The van der Waals surface area contributed by atoms with Gasteiger partial charge in [0.15, 0.2) is 0 Å². The molecule has 0 aromatic heterocycles. The molecule has 2 amide bonds. The van der Waals surface area contributed by atoms with E-state index in [2.05, 4.69) is 28.2 Å². The first-order chi connectivity index (χ1) is 17.5. The zero-order chi connectivity index (χ0) is 25.8. The van der Waals surface area contributed by atoms with E-state index < -0.39 is 6.04 Å². The number of hydrogen-bond donors (Lipinski definition) is 1. The number of unbranched alkanes of at least 4 members (excludes halogenated alkanes) is 1. The third-order valence-electron chi connectivity index (χ3n) is 5.77. The van der Waals surface area contributed by atoms with E-state index >= 15 is 0 Å². The van der Waals surface area contributed by atoms with Crippen molar-refractivity contribution in [3.8, 4) is 0 Å². The monoisotopic (exact) mass is 586 g/mol. The van der Waals surface area contributed by atoms with E-state index in [9.17, 15) is 9.59 Å². The third-order valence-corrected chi connectivity index (χ3v) is 7.54. The van der Waals surface area contributed by atoms with Gasteiger partial charge in [-0.05, 0) is 47.4 Å². The largest absolute Gasteiger partial charge is 0.354 e. The van der Waals surface area contributed by atoms with Gasteiger partial charge >= 0.3 is 0 Å². The van der Waals surface area contributed by atoms with Crippen molar-refractivity contribution in [2.75, 3.05) is 12.3 Å². The topological polar surface area (TPSA) is 49.4 Å². The number of nitrogens with one attached hydrogen (secondary N) is 1. The van der Waals surface area contributed by atoms with Crippen molar-refractivity contribution in [3.05, 3.63) is 105 Å². The van der Waals surface area contributed by atoms with Crippen LogP contribution in [0.1, 0.15) is 36.5 Å². The van der Waals surface area contributed by atoms with Gasteiger partial charge in [0.05, 0.1) is 5.75 Å². The van der Waals surface area contributed by atoms with Gasteiger partial charge < -0.3 is 10.2 Å². The lowest BCUT2D eigenvalue weighted by atomic mass is 10.0. The predicted molar refractivity (Wildman–Crippen MR) is 154 cm³/mol. The summed E-state index contributed by atoms with van der Waals surface area (Å²) in [6, 6.07) is 24.8. The molecule has 190 valence electrons. The van der Waals surface area contributed by atoms with Crippen molar-refractivity contribution < 1.29 is 9.59 Å². The summed E-state index contributed by atoms with van der Waals surface area (Å²) >= 11 is 11.0. The fourth-order valence-corrected chi connectivity index (χ4v) is 5.03. The highest BCUT2D eigenvalue weighted by Crippen LogP contribution is 2.20. The summed E-state index contributed by atoms with van der Waals surface area (Å²) in [5.74, 6) is 0.817. The molecule has 7 heteroatoms. The van der Waals surface area contributed by atoms with Crippen molar-refractivity contribution >= 4 is 51.1 Å². The number of carbonyl (C=O) groups is 2.